The summed E-state index contributed by atoms with van der Waals surface area (Å²) in [7, 11) is 0. The van der Waals surface area contributed by atoms with Crippen molar-refractivity contribution in [3.63, 3.8) is 0 Å². The van der Waals surface area contributed by atoms with Crippen molar-refractivity contribution in [2.75, 3.05) is 6.54 Å². The minimum absolute atomic E-state index is 0.0469. The Hall–Kier alpha value is -1.42. The van der Waals surface area contributed by atoms with Crippen LogP contribution in [0.2, 0.25) is 0 Å². The molecule has 18 heavy (non-hydrogen) atoms. The Balaban J connectivity index is 1.87. The average molecular weight is 262 g/mol. The number of thiocarbonyl (C=S) groups is 1. The largest absolute Gasteiger partial charge is 0.393 e. The third kappa shape index (κ3) is 2.53. The van der Waals surface area contributed by atoms with E-state index in [9.17, 15) is 4.79 Å². The standard InChI is InChI=1S/C14H18N2OS/c1-2-11(13(15)18)14(17)16-8-10-7-9-5-3-4-6-12(9)10/h3-6,10-11H,2,7-8H2,1H3,(H2,15,18)(H,16,17). The van der Waals surface area contributed by atoms with E-state index in [2.05, 4.69) is 17.4 Å². The number of hydrogen-bond acceptors (Lipinski definition) is 2. The van der Waals surface area contributed by atoms with E-state index < -0.39 is 0 Å². The van der Waals surface area contributed by atoms with Gasteiger partial charge in [-0.15, -0.1) is 0 Å². The van der Waals surface area contributed by atoms with Crippen molar-refractivity contribution in [2.24, 2.45) is 11.7 Å². The zero-order valence-corrected chi connectivity index (χ0v) is 11.3. The zero-order chi connectivity index (χ0) is 13.1. The number of benzene rings is 1. The fourth-order valence-corrected chi connectivity index (χ4v) is 2.68. The summed E-state index contributed by atoms with van der Waals surface area (Å²) in [5, 5.41) is 2.95. The van der Waals surface area contributed by atoms with Crippen LogP contribution in [0.3, 0.4) is 0 Å². The molecule has 1 aliphatic carbocycles. The summed E-state index contributed by atoms with van der Waals surface area (Å²) in [4.78, 5) is 12.2. The predicted molar refractivity (Wildman–Crippen MR) is 76.5 cm³/mol. The highest BCUT2D eigenvalue weighted by Crippen LogP contribution is 2.34. The lowest BCUT2D eigenvalue weighted by Crippen LogP contribution is -2.40. The van der Waals surface area contributed by atoms with Gasteiger partial charge in [0.05, 0.1) is 10.9 Å². The maximum atomic E-state index is 11.9. The highest BCUT2D eigenvalue weighted by Gasteiger charge is 2.27. The lowest BCUT2D eigenvalue weighted by atomic mass is 9.77. The van der Waals surface area contributed by atoms with Crippen LogP contribution in [0.25, 0.3) is 0 Å². The highest BCUT2D eigenvalue weighted by atomic mass is 32.1. The van der Waals surface area contributed by atoms with E-state index in [0.717, 1.165) is 6.42 Å². The topological polar surface area (TPSA) is 55.1 Å². The Morgan fingerprint density at radius 3 is 2.89 bits per heavy atom. The van der Waals surface area contributed by atoms with Crippen LogP contribution in [0.15, 0.2) is 24.3 Å². The first-order valence-electron chi connectivity index (χ1n) is 6.28. The van der Waals surface area contributed by atoms with Crippen molar-refractivity contribution in [3.05, 3.63) is 35.4 Å². The first kappa shape index (κ1) is 13.0. The van der Waals surface area contributed by atoms with Crippen LogP contribution in [0.4, 0.5) is 0 Å². The molecule has 0 spiro atoms. The van der Waals surface area contributed by atoms with Gasteiger partial charge < -0.3 is 11.1 Å². The fraction of sp³-hybridized carbons (Fsp3) is 0.429. The summed E-state index contributed by atoms with van der Waals surface area (Å²) in [6, 6.07) is 8.35. The fourth-order valence-electron chi connectivity index (χ4n) is 2.41. The van der Waals surface area contributed by atoms with E-state index >= 15 is 0 Å². The first-order chi connectivity index (χ1) is 8.63. The number of carbonyl (C=O) groups excluding carboxylic acids is 1. The van der Waals surface area contributed by atoms with Crippen LogP contribution >= 0.6 is 12.2 Å². The van der Waals surface area contributed by atoms with Gasteiger partial charge >= 0.3 is 0 Å². The molecule has 0 saturated heterocycles. The van der Waals surface area contributed by atoms with E-state index in [1.54, 1.807) is 0 Å². The first-order valence-corrected chi connectivity index (χ1v) is 6.69. The van der Waals surface area contributed by atoms with Gasteiger partial charge in [0.1, 0.15) is 0 Å². The van der Waals surface area contributed by atoms with Gasteiger partial charge in [0.25, 0.3) is 0 Å². The van der Waals surface area contributed by atoms with Gasteiger partial charge in [-0.1, -0.05) is 43.4 Å². The van der Waals surface area contributed by atoms with E-state index in [-0.39, 0.29) is 16.8 Å². The quantitative estimate of drug-likeness (QED) is 0.795. The number of carbonyl (C=O) groups is 1. The van der Waals surface area contributed by atoms with Crippen molar-refractivity contribution in [1.82, 2.24) is 5.32 Å². The molecule has 0 heterocycles. The van der Waals surface area contributed by atoms with Crippen LogP contribution < -0.4 is 11.1 Å². The smallest absolute Gasteiger partial charge is 0.229 e. The van der Waals surface area contributed by atoms with Crippen molar-refractivity contribution >= 4 is 23.1 Å². The molecule has 0 aliphatic heterocycles. The van der Waals surface area contributed by atoms with Gasteiger partial charge in [0, 0.05) is 12.5 Å². The summed E-state index contributed by atoms with van der Waals surface area (Å²) < 4.78 is 0. The number of amides is 1. The normalized spacial score (nSPS) is 18.4. The van der Waals surface area contributed by atoms with E-state index in [1.165, 1.54) is 11.1 Å². The molecule has 4 heteroatoms. The summed E-state index contributed by atoms with van der Waals surface area (Å²) in [5.74, 6) is 0.0544. The van der Waals surface area contributed by atoms with Gasteiger partial charge in [-0.3, -0.25) is 4.79 Å². The molecule has 2 rings (SSSR count). The number of nitrogens with one attached hydrogen (secondary N) is 1. The van der Waals surface area contributed by atoms with Gasteiger partial charge in [-0.25, -0.2) is 0 Å². The Labute approximate surface area is 113 Å². The molecule has 2 atom stereocenters. The number of nitrogens with two attached hydrogens (primary N) is 1. The molecule has 0 aromatic heterocycles. The summed E-state index contributed by atoms with van der Waals surface area (Å²) in [6.07, 6.45) is 1.70. The van der Waals surface area contributed by atoms with Crippen molar-refractivity contribution in [2.45, 2.75) is 25.7 Å². The summed E-state index contributed by atoms with van der Waals surface area (Å²) in [5.41, 5.74) is 8.28. The highest BCUT2D eigenvalue weighted by molar-refractivity contribution is 7.80. The van der Waals surface area contributed by atoms with Gasteiger partial charge in [-0.05, 0) is 24.0 Å². The molecule has 0 saturated carbocycles. The Morgan fingerprint density at radius 2 is 2.28 bits per heavy atom. The lowest BCUT2D eigenvalue weighted by molar-refractivity contribution is -0.123. The van der Waals surface area contributed by atoms with Gasteiger partial charge in [0.2, 0.25) is 5.91 Å². The van der Waals surface area contributed by atoms with Gasteiger partial charge in [0.15, 0.2) is 0 Å². The SMILES string of the molecule is CCC(C(=O)NCC1Cc2ccccc21)C(N)=S. The second kappa shape index (κ2) is 5.48. The monoisotopic (exact) mass is 262 g/mol. The van der Waals surface area contributed by atoms with Crippen LogP contribution in [0.5, 0.6) is 0 Å². The maximum Gasteiger partial charge on any atom is 0.229 e. The third-order valence-electron chi connectivity index (χ3n) is 3.55. The molecular weight excluding hydrogens is 244 g/mol. The van der Waals surface area contributed by atoms with Crippen LogP contribution in [0, 0.1) is 5.92 Å². The summed E-state index contributed by atoms with van der Waals surface area (Å²) in [6.45, 7) is 2.59. The lowest BCUT2D eigenvalue weighted by Gasteiger charge is -2.30. The molecule has 1 aromatic rings. The van der Waals surface area contributed by atoms with Crippen molar-refractivity contribution < 1.29 is 4.79 Å². The summed E-state index contributed by atoms with van der Waals surface area (Å²) >= 11 is 4.89. The van der Waals surface area contributed by atoms with Crippen LogP contribution in [-0.4, -0.2) is 17.4 Å². The van der Waals surface area contributed by atoms with E-state index in [4.69, 9.17) is 18.0 Å². The molecule has 3 nitrogen and oxygen atoms in total. The van der Waals surface area contributed by atoms with Gasteiger partial charge in [-0.2, -0.15) is 0 Å². The molecule has 96 valence electrons. The number of fused-ring (bicyclic) bond motifs is 1. The predicted octanol–water partition coefficient (Wildman–Crippen LogP) is 1.75. The van der Waals surface area contributed by atoms with Crippen LogP contribution in [-0.2, 0) is 11.2 Å². The van der Waals surface area contributed by atoms with Crippen molar-refractivity contribution in [3.8, 4) is 0 Å². The number of hydrogen-bond donors (Lipinski definition) is 2. The molecule has 3 N–H and O–H groups in total. The third-order valence-corrected chi connectivity index (χ3v) is 3.84. The second-order valence-corrected chi connectivity index (χ2v) is 5.18. The van der Waals surface area contributed by atoms with Crippen molar-refractivity contribution in [1.29, 1.82) is 0 Å². The van der Waals surface area contributed by atoms with E-state index in [0.29, 0.717) is 18.9 Å². The molecule has 1 aromatic carbocycles. The Morgan fingerprint density at radius 1 is 1.56 bits per heavy atom. The molecule has 2 unspecified atom stereocenters. The molecule has 0 bridgehead atoms. The average Bonchev–Trinajstić information content (AvgIpc) is 2.30. The minimum Gasteiger partial charge on any atom is -0.393 e. The zero-order valence-electron chi connectivity index (χ0n) is 10.5. The molecule has 1 aliphatic rings. The minimum atomic E-state index is -0.338. The van der Waals surface area contributed by atoms with Crippen LogP contribution in [0.1, 0.15) is 30.4 Å². The van der Waals surface area contributed by atoms with E-state index in [1.807, 2.05) is 19.1 Å². The second-order valence-electron chi connectivity index (χ2n) is 4.71. The number of rotatable bonds is 5. The molecular formula is C14H18N2OS. The Bertz CT molecular complexity index is 473. The Kier molecular flexibility index (Phi) is 3.97. The molecule has 1 amide bonds. The molecule has 0 radical (unpaired) electrons. The molecule has 0 fully saturated rings. The maximum absolute atomic E-state index is 11.9.